The van der Waals surface area contributed by atoms with Crippen LogP contribution in [0.25, 0.3) is 0 Å². The molecule has 0 unspecified atom stereocenters. The number of nitrogens with one attached hydrogen (secondary N) is 1. The summed E-state index contributed by atoms with van der Waals surface area (Å²) in [5.41, 5.74) is -0.197. The molecule has 0 amide bonds. The van der Waals surface area contributed by atoms with Gasteiger partial charge in [0, 0.05) is 44.6 Å². The highest BCUT2D eigenvalue weighted by Gasteiger charge is 2.21. The maximum absolute atomic E-state index is 13.3. The summed E-state index contributed by atoms with van der Waals surface area (Å²) in [6.45, 7) is 4.72. The minimum Gasteiger partial charge on any atom is -0.353 e. The number of hydrogen-bond donors (Lipinski definition) is 1. The predicted molar refractivity (Wildman–Crippen MR) is 113 cm³/mol. The van der Waals surface area contributed by atoms with Gasteiger partial charge in [0.25, 0.3) is 10.0 Å². The normalized spacial score (nSPS) is 14.5. The lowest BCUT2D eigenvalue weighted by molar-refractivity contribution is 0.584. The number of piperazine rings is 1. The van der Waals surface area contributed by atoms with Crippen LogP contribution in [0, 0.1) is 18.6 Å². The Kier molecular flexibility index (Phi) is 5.68. The van der Waals surface area contributed by atoms with E-state index in [0.29, 0.717) is 30.8 Å². The Balaban J connectivity index is 1.42. The summed E-state index contributed by atoms with van der Waals surface area (Å²) in [4.78, 5) is 16.9. The summed E-state index contributed by atoms with van der Waals surface area (Å²) in [5.74, 6) is 0.494. The SMILES string of the molecule is Cc1nccc(N2CCN(c3ccc(S(=O)(=O)Nc4cc(F)cc(F)c4)cn3)CC2)n1. The van der Waals surface area contributed by atoms with E-state index in [0.717, 1.165) is 31.0 Å². The Bertz CT molecular complexity index is 1160. The number of nitrogens with zero attached hydrogens (tertiary/aromatic N) is 5. The molecule has 1 fully saturated rings. The first kappa shape index (κ1) is 20.9. The van der Waals surface area contributed by atoms with Gasteiger partial charge in [0.15, 0.2) is 0 Å². The van der Waals surface area contributed by atoms with Gasteiger partial charge in [-0.2, -0.15) is 0 Å². The molecule has 8 nitrogen and oxygen atoms in total. The lowest BCUT2D eigenvalue weighted by Crippen LogP contribution is -2.47. The largest absolute Gasteiger partial charge is 0.353 e. The van der Waals surface area contributed by atoms with Crippen molar-refractivity contribution in [3.8, 4) is 0 Å². The van der Waals surface area contributed by atoms with Crippen molar-refractivity contribution in [2.24, 2.45) is 0 Å². The average molecular weight is 446 g/mol. The molecule has 0 spiro atoms. The fraction of sp³-hybridized carbons (Fsp3) is 0.250. The van der Waals surface area contributed by atoms with Crippen molar-refractivity contribution >= 4 is 27.3 Å². The highest BCUT2D eigenvalue weighted by atomic mass is 32.2. The van der Waals surface area contributed by atoms with Gasteiger partial charge >= 0.3 is 0 Å². The van der Waals surface area contributed by atoms with E-state index in [4.69, 9.17) is 0 Å². The number of aromatic nitrogens is 3. The van der Waals surface area contributed by atoms with E-state index < -0.39 is 21.7 Å². The lowest BCUT2D eigenvalue weighted by atomic mass is 10.3. The second-order valence-electron chi connectivity index (χ2n) is 7.05. The molecular formula is C20H20F2N6O2S. The monoisotopic (exact) mass is 446 g/mol. The third-order valence-corrected chi connectivity index (χ3v) is 6.20. The Morgan fingerprint density at radius 2 is 1.55 bits per heavy atom. The van der Waals surface area contributed by atoms with E-state index in [1.54, 1.807) is 12.3 Å². The summed E-state index contributed by atoms with van der Waals surface area (Å²) in [7, 11) is -4.03. The smallest absolute Gasteiger partial charge is 0.263 e. The molecule has 11 heteroatoms. The van der Waals surface area contributed by atoms with Gasteiger partial charge in [-0.3, -0.25) is 4.72 Å². The maximum Gasteiger partial charge on any atom is 0.263 e. The molecule has 2 aromatic heterocycles. The summed E-state index contributed by atoms with van der Waals surface area (Å²) in [6.07, 6.45) is 2.96. The van der Waals surface area contributed by atoms with Crippen molar-refractivity contribution in [1.82, 2.24) is 15.0 Å². The van der Waals surface area contributed by atoms with E-state index in [1.165, 1.54) is 12.3 Å². The number of rotatable bonds is 5. The Labute approximate surface area is 178 Å². The van der Waals surface area contributed by atoms with Gasteiger partial charge in [-0.1, -0.05) is 0 Å². The van der Waals surface area contributed by atoms with Crippen LogP contribution >= 0.6 is 0 Å². The molecule has 0 bridgehead atoms. The van der Waals surface area contributed by atoms with Gasteiger partial charge in [-0.05, 0) is 37.3 Å². The van der Waals surface area contributed by atoms with Crippen LogP contribution in [0.5, 0.6) is 0 Å². The zero-order valence-corrected chi connectivity index (χ0v) is 17.5. The molecule has 0 saturated carbocycles. The zero-order valence-electron chi connectivity index (χ0n) is 16.7. The summed E-state index contributed by atoms with van der Waals surface area (Å²) >= 11 is 0. The second-order valence-corrected chi connectivity index (χ2v) is 8.73. The van der Waals surface area contributed by atoms with Crippen LogP contribution < -0.4 is 14.5 Å². The standard InChI is InChI=1S/C20H20F2N6O2S/c1-14-23-5-4-20(25-14)28-8-6-27(7-9-28)19-3-2-18(13-24-19)31(29,30)26-17-11-15(21)10-16(22)12-17/h2-5,10-13,26H,6-9H2,1H3. The first-order valence-corrected chi connectivity index (χ1v) is 11.0. The molecule has 3 heterocycles. The molecule has 0 radical (unpaired) electrons. The van der Waals surface area contributed by atoms with Crippen molar-refractivity contribution < 1.29 is 17.2 Å². The van der Waals surface area contributed by atoms with Gasteiger partial charge in [-0.15, -0.1) is 0 Å². The third kappa shape index (κ3) is 4.88. The first-order chi connectivity index (χ1) is 14.8. The molecule has 1 aliphatic heterocycles. The summed E-state index contributed by atoms with van der Waals surface area (Å²) in [5, 5.41) is 0. The molecule has 1 aromatic carbocycles. The highest BCUT2D eigenvalue weighted by molar-refractivity contribution is 7.92. The van der Waals surface area contributed by atoms with Crippen LogP contribution in [0.4, 0.5) is 26.1 Å². The van der Waals surface area contributed by atoms with E-state index in [2.05, 4.69) is 29.5 Å². The topological polar surface area (TPSA) is 91.3 Å². The van der Waals surface area contributed by atoms with Crippen molar-refractivity contribution in [1.29, 1.82) is 0 Å². The molecule has 1 aliphatic rings. The second kappa shape index (κ2) is 8.42. The summed E-state index contributed by atoms with van der Waals surface area (Å²) < 4.78 is 53.8. The van der Waals surface area contributed by atoms with Crippen LogP contribution in [0.3, 0.4) is 0 Å². The number of anilines is 3. The van der Waals surface area contributed by atoms with E-state index in [9.17, 15) is 17.2 Å². The summed E-state index contributed by atoms with van der Waals surface area (Å²) in [6, 6.07) is 7.38. The van der Waals surface area contributed by atoms with E-state index in [1.807, 2.05) is 13.0 Å². The van der Waals surface area contributed by atoms with Crippen molar-refractivity contribution in [3.63, 3.8) is 0 Å². The van der Waals surface area contributed by atoms with E-state index in [-0.39, 0.29) is 10.6 Å². The molecule has 0 aliphatic carbocycles. The number of hydrogen-bond acceptors (Lipinski definition) is 7. The number of benzene rings is 1. The molecule has 0 atom stereocenters. The van der Waals surface area contributed by atoms with Crippen LogP contribution in [-0.4, -0.2) is 49.5 Å². The fourth-order valence-electron chi connectivity index (χ4n) is 3.33. The number of halogens is 2. The molecule has 31 heavy (non-hydrogen) atoms. The van der Waals surface area contributed by atoms with E-state index >= 15 is 0 Å². The lowest BCUT2D eigenvalue weighted by Gasteiger charge is -2.36. The maximum atomic E-state index is 13.3. The van der Waals surface area contributed by atoms with Gasteiger partial charge in [0.05, 0.1) is 5.69 Å². The Morgan fingerprint density at radius 3 is 2.13 bits per heavy atom. The predicted octanol–water partition coefficient (Wildman–Crippen LogP) is 2.59. The van der Waals surface area contributed by atoms with Crippen molar-refractivity contribution in [2.45, 2.75) is 11.8 Å². The van der Waals surface area contributed by atoms with Gasteiger partial charge in [-0.25, -0.2) is 32.2 Å². The number of aryl methyl sites for hydroxylation is 1. The quantitative estimate of drug-likeness (QED) is 0.644. The highest BCUT2D eigenvalue weighted by Crippen LogP contribution is 2.21. The van der Waals surface area contributed by atoms with Gasteiger partial charge in [0.2, 0.25) is 0 Å². The van der Waals surface area contributed by atoms with Crippen LogP contribution in [0.15, 0.2) is 53.7 Å². The van der Waals surface area contributed by atoms with Crippen molar-refractivity contribution in [3.05, 3.63) is 66.3 Å². The molecule has 3 aromatic rings. The zero-order chi connectivity index (χ0) is 22.0. The van der Waals surface area contributed by atoms with Gasteiger partial charge < -0.3 is 9.80 Å². The van der Waals surface area contributed by atoms with Crippen LogP contribution in [0.1, 0.15) is 5.82 Å². The first-order valence-electron chi connectivity index (χ1n) is 9.55. The van der Waals surface area contributed by atoms with Crippen molar-refractivity contribution in [2.75, 3.05) is 40.7 Å². The molecule has 1 saturated heterocycles. The van der Waals surface area contributed by atoms with Crippen LogP contribution in [0.2, 0.25) is 0 Å². The Morgan fingerprint density at radius 1 is 0.903 bits per heavy atom. The molecular weight excluding hydrogens is 426 g/mol. The molecule has 4 rings (SSSR count). The number of pyridine rings is 1. The van der Waals surface area contributed by atoms with Gasteiger partial charge in [0.1, 0.15) is 34.0 Å². The Hall–Kier alpha value is -3.34. The average Bonchev–Trinajstić information content (AvgIpc) is 2.73. The molecule has 162 valence electrons. The third-order valence-electron chi connectivity index (χ3n) is 4.83. The molecule has 1 N–H and O–H groups in total. The minimum absolute atomic E-state index is 0.101. The minimum atomic E-state index is -4.03. The number of sulfonamides is 1. The fourth-order valence-corrected chi connectivity index (χ4v) is 4.31. The van der Waals surface area contributed by atoms with Crippen LogP contribution in [-0.2, 0) is 10.0 Å².